The molecular formula is C26H33N5O7S. The van der Waals surface area contributed by atoms with Gasteiger partial charge < -0.3 is 14.8 Å². The third kappa shape index (κ3) is 7.12. The second kappa shape index (κ2) is 12.3. The van der Waals surface area contributed by atoms with Crippen LogP contribution >= 0.6 is 0 Å². The number of benzene rings is 2. The molecule has 0 unspecified atom stereocenters. The number of amides is 1. The van der Waals surface area contributed by atoms with E-state index < -0.39 is 31.4 Å². The van der Waals surface area contributed by atoms with Crippen LogP contribution in [0.4, 0.5) is 5.69 Å². The molecule has 2 aromatic carbocycles. The quantitative estimate of drug-likeness (QED) is 0.247. The number of ether oxygens (including phenoxy) is 2. The highest BCUT2D eigenvalue weighted by molar-refractivity contribution is 7.89. The van der Waals surface area contributed by atoms with Crippen molar-refractivity contribution in [1.29, 1.82) is 0 Å². The lowest BCUT2D eigenvalue weighted by Gasteiger charge is -2.15. The molecule has 13 heteroatoms. The van der Waals surface area contributed by atoms with E-state index in [2.05, 4.69) is 15.1 Å². The summed E-state index contributed by atoms with van der Waals surface area (Å²) in [5, 5.41) is 18.7. The first-order valence-corrected chi connectivity index (χ1v) is 13.8. The smallest absolute Gasteiger partial charge is 0.272 e. The fourth-order valence-corrected chi connectivity index (χ4v) is 4.82. The standard InChI is InChI=1S/C26H33N5O7S/c1-16(2)14-27-25(32)24-18(5)26(30(29-24)19-7-10-21(37-6)11-8-19)38-22-12-9-20(31(33)34)13-23(22)39(35,36)28-15-17(3)4/h7-13,16-17,28H,14-15H2,1-6H3,(H,27,32). The molecule has 1 aromatic heterocycles. The van der Waals surface area contributed by atoms with Gasteiger partial charge in [-0.2, -0.15) is 9.78 Å². The second-order valence-electron chi connectivity index (χ2n) is 9.73. The number of sulfonamides is 1. The molecule has 0 radical (unpaired) electrons. The maximum atomic E-state index is 13.2. The van der Waals surface area contributed by atoms with Crippen molar-refractivity contribution >= 4 is 21.6 Å². The summed E-state index contributed by atoms with van der Waals surface area (Å²) in [6.07, 6.45) is 0. The maximum Gasteiger partial charge on any atom is 0.272 e. The first-order chi connectivity index (χ1) is 18.3. The second-order valence-corrected chi connectivity index (χ2v) is 11.5. The molecule has 0 saturated heterocycles. The van der Waals surface area contributed by atoms with E-state index in [9.17, 15) is 23.3 Å². The van der Waals surface area contributed by atoms with Gasteiger partial charge in [-0.15, -0.1) is 0 Å². The van der Waals surface area contributed by atoms with E-state index >= 15 is 0 Å². The zero-order valence-electron chi connectivity index (χ0n) is 22.7. The van der Waals surface area contributed by atoms with Gasteiger partial charge in [0.15, 0.2) is 5.69 Å². The molecule has 3 rings (SSSR count). The van der Waals surface area contributed by atoms with Crippen molar-refractivity contribution in [3.63, 3.8) is 0 Å². The number of rotatable bonds is 12. The molecule has 0 aliphatic carbocycles. The predicted molar refractivity (Wildman–Crippen MR) is 145 cm³/mol. The Labute approximate surface area is 227 Å². The van der Waals surface area contributed by atoms with Gasteiger partial charge in [-0.25, -0.2) is 13.1 Å². The van der Waals surface area contributed by atoms with Gasteiger partial charge in [-0.3, -0.25) is 14.9 Å². The van der Waals surface area contributed by atoms with Crippen molar-refractivity contribution in [3.8, 4) is 23.1 Å². The van der Waals surface area contributed by atoms with E-state index in [0.29, 0.717) is 23.5 Å². The maximum absolute atomic E-state index is 13.2. The Balaban J connectivity index is 2.16. The van der Waals surface area contributed by atoms with E-state index in [1.54, 1.807) is 31.2 Å². The summed E-state index contributed by atoms with van der Waals surface area (Å²) < 4.78 is 41.5. The number of hydrogen-bond donors (Lipinski definition) is 2. The van der Waals surface area contributed by atoms with Crippen LogP contribution in [0.15, 0.2) is 47.4 Å². The number of carbonyl (C=O) groups excluding carboxylic acids is 1. The van der Waals surface area contributed by atoms with Gasteiger partial charge in [0.05, 0.1) is 17.7 Å². The number of nitrogens with one attached hydrogen (secondary N) is 2. The van der Waals surface area contributed by atoms with E-state index in [4.69, 9.17) is 9.47 Å². The van der Waals surface area contributed by atoms with E-state index in [1.807, 2.05) is 27.7 Å². The Morgan fingerprint density at radius 2 is 1.72 bits per heavy atom. The van der Waals surface area contributed by atoms with Crippen LogP contribution in [0.25, 0.3) is 5.69 Å². The van der Waals surface area contributed by atoms with Crippen molar-refractivity contribution < 1.29 is 27.6 Å². The molecule has 0 spiro atoms. The summed E-state index contributed by atoms with van der Waals surface area (Å²) in [5.74, 6) is 0.287. The molecule has 39 heavy (non-hydrogen) atoms. The van der Waals surface area contributed by atoms with Gasteiger partial charge >= 0.3 is 0 Å². The lowest BCUT2D eigenvalue weighted by atomic mass is 10.2. The van der Waals surface area contributed by atoms with Crippen LogP contribution in [0.2, 0.25) is 0 Å². The zero-order valence-corrected chi connectivity index (χ0v) is 23.5. The molecule has 2 N–H and O–H groups in total. The zero-order chi connectivity index (χ0) is 28.9. The first-order valence-electron chi connectivity index (χ1n) is 12.3. The lowest BCUT2D eigenvalue weighted by Crippen LogP contribution is -2.28. The van der Waals surface area contributed by atoms with Crippen LogP contribution in [0.3, 0.4) is 0 Å². The molecule has 0 bridgehead atoms. The first kappa shape index (κ1) is 29.6. The summed E-state index contributed by atoms with van der Waals surface area (Å²) in [4.78, 5) is 23.3. The van der Waals surface area contributed by atoms with Crippen LogP contribution in [0.5, 0.6) is 17.4 Å². The molecule has 0 fully saturated rings. The third-order valence-electron chi connectivity index (χ3n) is 5.59. The molecule has 3 aromatic rings. The molecule has 0 saturated carbocycles. The van der Waals surface area contributed by atoms with Gasteiger partial charge in [-0.1, -0.05) is 27.7 Å². The topological polar surface area (TPSA) is 155 Å². The minimum absolute atomic E-state index is 0.00602. The van der Waals surface area contributed by atoms with Gasteiger partial charge in [0.2, 0.25) is 15.9 Å². The van der Waals surface area contributed by atoms with Crippen molar-refractivity contribution in [2.75, 3.05) is 20.2 Å². The monoisotopic (exact) mass is 559 g/mol. The van der Waals surface area contributed by atoms with Crippen LogP contribution in [0.1, 0.15) is 43.7 Å². The third-order valence-corrected chi connectivity index (χ3v) is 7.03. The van der Waals surface area contributed by atoms with Crippen LogP contribution < -0.4 is 19.5 Å². The Morgan fingerprint density at radius 3 is 2.28 bits per heavy atom. The fraction of sp³-hybridized carbons (Fsp3) is 0.385. The minimum Gasteiger partial charge on any atom is -0.497 e. The van der Waals surface area contributed by atoms with Crippen molar-refractivity contribution in [2.24, 2.45) is 11.8 Å². The average Bonchev–Trinajstić information content (AvgIpc) is 3.22. The average molecular weight is 560 g/mol. The number of methoxy groups -OCH3 is 1. The Kier molecular flexibility index (Phi) is 9.30. The predicted octanol–water partition coefficient (Wildman–Crippen LogP) is 4.21. The summed E-state index contributed by atoms with van der Waals surface area (Å²) >= 11 is 0. The SMILES string of the molecule is COc1ccc(-n2nc(C(=O)NCC(C)C)c(C)c2Oc2ccc([N+](=O)[O-])cc2S(=O)(=O)NCC(C)C)cc1. The minimum atomic E-state index is -4.19. The highest BCUT2D eigenvalue weighted by Gasteiger charge is 2.28. The summed E-state index contributed by atoms with van der Waals surface area (Å²) in [5.41, 5.74) is 0.539. The van der Waals surface area contributed by atoms with Crippen molar-refractivity contribution in [3.05, 3.63) is 63.8 Å². The summed E-state index contributed by atoms with van der Waals surface area (Å²) in [6, 6.07) is 10.1. The number of carbonyl (C=O) groups is 1. The van der Waals surface area contributed by atoms with Gasteiger partial charge in [0, 0.05) is 30.8 Å². The van der Waals surface area contributed by atoms with Crippen LogP contribution in [-0.2, 0) is 10.0 Å². The number of aromatic nitrogens is 2. The van der Waals surface area contributed by atoms with E-state index in [0.717, 1.165) is 12.1 Å². The summed E-state index contributed by atoms with van der Waals surface area (Å²) in [7, 11) is -2.66. The fourth-order valence-electron chi connectivity index (χ4n) is 3.46. The molecule has 0 aliphatic heterocycles. The van der Waals surface area contributed by atoms with Crippen LogP contribution in [0, 0.1) is 28.9 Å². The number of non-ortho nitro benzene ring substituents is 1. The van der Waals surface area contributed by atoms with Gasteiger partial charge in [0.25, 0.3) is 11.6 Å². The molecule has 210 valence electrons. The van der Waals surface area contributed by atoms with Crippen molar-refractivity contribution in [1.82, 2.24) is 19.8 Å². The highest BCUT2D eigenvalue weighted by Crippen LogP contribution is 2.36. The Bertz CT molecular complexity index is 1450. The van der Waals surface area contributed by atoms with Gasteiger partial charge in [-0.05, 0) is 49.1 Å². The van der Waals surface area contributed by atoms with E-state index in [-0.39, 0.29) is 35.7 Å². The van der Waals surface area contributed by atoms with Crippen LogP contribution in [-0.4, -0.2) is 49.2 Å². The Morgan fingerprint density at radius 1 is 1.08 bits per heavy atom. The number of hydrogen-bond acceptors (Lipinski definition) is 8. The molecule has 0 aliphatic rings. The molecule has 0 atom stereocenters. The number of nitro benzene ring substituents is 1. The Hall–Kier alpha value is -3.97. The molecule has 1 amide bonds. The number of nitro groups is 1. The molecule has 1 heterocycles. The summed E-state index contributed by atoms with van der Waals surface area (Å²) in [6.45, 7) is 9.75. The van der Waals surface area contributed by atoms with Crippen molar-refractivity contribution in [2.45, 2.75) is 39.5 Å². The number of nitrogens with zero attached hydrogens (tertiary/aromatic N) is 3. The molecular weight excluding hydrogens is 526 g/mol. The van der Waals surface area contributed by atoms with E-state index in [1.165, 1.54) is 17.9 Å². The molecule has 12 nitrogen and oxygen atoms in total. The highest BCUT2D eigenvalue weighted by atomic mass is 32.2. The van der Waals surface area contributed by atoms with Gasteiger partial charge in [0.1, 0.15) is 16.4 Å². The lowest BCUT2D eigenvalue weighted by molar-refractivity contribution is -0.385. The normalized spacial score (nSPS) is 11.6. The largest absolute Gasteiger partial charge is 0.497 e.